The number of hydrogen-bond acceptors (Lipinski definition) is 3. The number of hydrogen-bond donors (Lipinski definition) is 2. The Hall–Kier alpha value is -4.90. The van der Waals surface area contributed by atoms with E-state index in [0.717, 1.165) is 35.5 Å². The van der Waals surface area contributed by atoms with Crippen LogP contribution in [0.25, 0.3) is 11.1 Å². The second-order valence-electron chi connectivity index (χ2n) is 10.6. The Labute approximate surface area is 240 Å². The minimum absolute atomic E-state index is 0.0844. The van der Waals surface area contributed by atoms with Crippen LogP contribution in [0.2, 0.25) is 0 Å². The van der Waals surface area contributed by atoms with Crippen molar-refractivity contribution in [2.45, 2.75) is 25.3 Å². The highest BCUT2D eigenvalue weighted by atomic mass is 16.5. The fraction of sp³-hybridized carbons (Fsp3) is 0.167. The first-order valence-corrected chi connectivity index (χ1v) is 14.0. The highest BCUT2D eigenvalue weighted by Gasteiger charge is 2.34. The first kappa shape index (κ1) is 26.3. The highest BCUT2D eigenvalue weighted by Crippen LogP contribution is 2.38. The van der Waals surface area contributed by atoms with Gasteiger partial charge in [0.05, 0.1) is 5.92 Å². The number of anilines is 1. The van der Waals surface area contributed by atoms with Crippen LogP contribution in [0.4, 0.5) is 5.69 Å². The molecule has 0 saturated carbocycles. The Morgan fingerprint density at radius 2 is 1.46 bits per heavy atom. The minimum atomic E-state index is -0.747. The molecule has 2 atom stereocenters. The molecule has 0 radical (unpaired) electrons. The number of fused-ring (bicyclic) bond motifs is 1. The molecule has 41 heavy (non-hydrogen) atoms. The molecule has 0 fully saturated rings. The van der Waals surface area contributed by atoms with Crippen LogP contribution in [0.1, 0.15) is 28.2 Å². The third-order valence-corrected chi connectivity index (χ3v) is 7.92. The van der Waals surface area contributed by atoms with Crippen LogP contribution in [-0.2, 0) is 24.2 Å². The summed E-state index contributed by atoms with van der Waals surface area (Å²) in [6, 6.07) is 39.1. The number of pyridine rings is 1. The van der Waals surface area contributed by atoms with Crippen molar-refractivity contribution in [1.82, 2.24) is 0 Å². The van der Waals surface area contributed by atoms with Gasteiger partial charge in [-0.3, -0.25) is 4.79 Å². The number of ether oxygens (including phenoxy) is 1. The number of aliphatic carboxylic acids is 1. The zero-order valence-electron chi connectivity index (χ0n) is 22.8. The molecule has 0 aliphatic heterocycles. The molecular formula is C36H33N2O3+. The van der Waals surface area contributed by atoms with Crippen LogP contribution in [0, 0.1) is 5.92 Å². The van der Waals surface area contributed by atoms with Crippen molar-refractivity contribution in [2.24, 2.45) is 5.92 Å². The summed E-state index contributed by atoms with van der Waals surface area (Å²) < 4.78 is 8.19. The Morgan fingerprint density at radius 3 is 2.20 bits per heavy atom. The van der Waals surface area contributed by atoms with Gasteiger partial charge in [0.15, 0.2) is 25.7 Å². The van der Waals surface area contributed by atoms with E-state index in [-0.39, 0.29) is 5.92 Å². The van der Waals surface area contributed by atoms with Gasteiger partial charge in [-0.15, -0.1) is 0 Å². The molecule has 0 bridgehead atoms. The van der Waals surface area contributed by atoms with Crippen LogP contribution in [0.15, 0.2) is 128 Å². The fourth-order valence-corrected chi connectivity index (χ4v) is 5.69. The molecule has 0 saturated heterocycles. The molecule has 1 heterocycles. The third-order valence-electron chi connectivity index (χ3n) is 7.92. The third kappa shape index (κ3) is 6.30. The number of carboxylic acid groups (broad SMARTS) is 1. The van der Waals surface area contributed by atoms with Crippen LogP contribution in [0.5, 0.6) is 5.75 Å². The maximum Gasteiger partial charge on any atom is 0.307 e. The summed E-state index contributed by atoms with van der Waals surface area (Å²) in [6.45, 7) is 1.11. The minimum Gasteiger partial charge on any atom is -0.481 e. The lowest BCUT2D eigenvalue weighted by atomic mass is 9.73. The molecule has 5 nitrogen and oxygen atoms in total. The number of nitrogens with zero attached hydrogens (tertiary/aromatic N) is 1. The average molecular weight is 542 g/mol. The summed E-state index contributed by atoms with van der Waals surface area (Å²) in [5.74, 6) is -0.552. The Bertz CT molecular complexity index is 1620. The number of nitrogens with one attached hydrogen (secondary N) is 1. The van der Waals surface area contributed by atoms with E-state index in [2.05, 4.69) is 89.0 Å². The summed E-state index contributed by atoms with van der Waals surface area (Å²) >= 11 is 0. The lowest BCUT2D eigenvalue weighted by Gasteiger charge is -2.31. The molecule has 1 aliphatic rings. The van der Waals surface area contributed by atoms with E-state index in [4.69, 9.17) is 4.74 Å². The smallest absolute Gasteiger partial charge is 0.307 e. The highest BCUT2D eigenvalue weighted by molar-refractivity contribution is 5.73. The molecule has 204 valence electrons. The Morgan fingerprint density at radius 1 is 0.780 bits per heavy atom. The van der Waals surface area contributed by atoms with Crippen molar-refractivity contribution < 1.29 is 19.2 Å². The summed E-state index contributed by atoms with van der Waals surface area (Å²) in [6.07, 6.45) is 5.50. The summed E-state index contributed by atoms with van der Waals surface area (Å²) in [5.41, 5.74) is 7.98. The summed E-state index contributed by atoms with van der Waals surface area (Å²) in [4.78, 5) is 12.1. The van der Waals surface area contributed by atoms with Gasteiger partial charge in [-0.2, -0.15) is 0 Å². The summed E-state index contributed by atoms with van der Waals surface area (Å²) in [7, 11) is 0. The second kappa shape index (κ2) is 12.1. The second-order valence-corrected chi connectivity index (χ2v) is 10.6. The molecule has 5 heteroatoms. The van der Waals surface area contributed by atoms with Gasteiger partial charge >= 0.3 is 5.97 Å². The first-order valence-electron chi connectivity index (χ1n) is 14.0. The molecule has 0 spiro atoms. The predicted octanol–water partition coefficient (Wildman–Crippen LogP) is 6.72. The molecule has 1 aromatic heterocycles. The van der Waals surface area contributed by atoms with E-state index in [9.17, 15) is 9.90 Å². The van der Waals surface area contributed by atoms with Crippen molar-refractivity contribution in [1.29, 1.82) is 0 Å². The van der Waals surface area contributed by atoms with E-state index in [1.807, 2.05) is 48.5 Å². The van der Waals surface area contributed by atoms with E-state index in [0.29, 0.717) is 13.2 Å². The van der Waals surface area contributed by atoms with E-state index in [1.54, 1.807) is 0 Å². The van der Waals surface area contributed by atoms with E-state index < -0.39 is 11.9 Å². The van der Waals surface area contributed by atoms with Crippen molar-refractivity contribution >= 4 is 11.7 Å². The van der Waals surface area contributed by atoms with Gasteiger partial charge < -0.3 is 15.2 Å². The van der Waals surface area contributed by atoms with Crippen molar-refractivity contribution in [3.05, 3.63) is 150 Å². The maximum atomic E-state index is 12.1. The lowest BCUT2D eigenvalue weighted by molar-refractivity contribution is -0.688. The van der Waals surface area contributed by atoms with Gasteiger partial charge in [-0.05, 0) is 64.9 Å². The maximum absolute atomic E-state index is 12.1. The monoisotopic (exact) mass is 541 g/mol. The number of carboxylic acids is 1. The van der Waals surface area contributed by atoms with Crippen molar-refractivity contribution in [3.8, 4) is 16.9 Å². The Kier molecular flexibility index (Phi) is 7.76. The van der Waals surface area contributed by atoms with Crippen LogP contribution in [0.3, 0.4) is 0 Å². The number of rotatable bonds is 9. The molecule has 6 rings (SSSR count). The Balaban J connectivity index is 1.04. The van der Waals surface area contributed by atoms with Gasteiger partial charge in [-0.1, -0.05) is 78.9 Å². The zero-order chi connectivity index (χ0) is 28.0. The average Bonchev–Trinajstić information content (AvgIpc) is 3.02. The lowest BCUT2D eigenvalue weighted by Crippen LogP contribution is -2.32. The van der Waals surface area contributed by atoms with Gasteiger partial charge in [0.2, 0.25) is 0 Å². The van der Waals surface area contributed by atoms with Crippen LogP contribution in [-0.4, -0.2) is 17.8 Å². The fourth-order valence-electron chi connectivity index (χ4n) is 5.69. The SMILES string of the molecule is O=C(O)C1Cc2ccccc2CC1c1cccc(OCNc2ccc(C[n+]3ccc(-c4ccccc4)cc3)cc2)c1. The molecule has 0 amide bonds. The first-order chi connectivity index (χ1) is 20.1. The number of carbonyl (C=O) groups is 1. The van der Waals surface area contributed by atoms with Gasteiger partial charge in [-0.25, -0.2) is 4.57 Å². The molecule has 4 aromatic carbocycles. The molecule has 2 N–H and O–H groups in total. The van der Waals surface area contributed by atoms with Gasteiger partial charge in [0.1, 0.15) is 5.75 Å². The topological polar surface area (TPSA) is 62.4 Å². The number of benzene rings is 4. The molecule has 5 aromatic rings. The molecular weight excluding hydrogens is 508 g/mol. The standard InChI is InChI=1S/C36H32N2O3/c39-36(40)35-23-30-10-5-4-9-29(30)22-34(35)31-11-6-12-33(21-31)41-25-37-32-15-13-26(14-16-32)24-38-19-17-28(18-20-38)27-7-2-1-3-8-27/h1-21,34-35,37H,22-25H2/p+1. The van der Waals surface area contributed by atoms with E-state index in [1.165, 1.54) is 22.3 Å². The zero-order valence-corrected chi connectivity index (χ0v) is 22.8. The quantitative estimate of drug-likeness (QED) is 0.161. The molecule has 2 unspecified atom stereocenters. The van der Waals surface area contributed by atoms with Crippen LogP contribution >= 0.6 is 0 Å². The van der Waals surface area contributed by atoms with Crippen molar-refractivity contribution in [3.63, 3.8) is 0 Å². The van der Waals surface area contributed by atoms with Gasteiger partial charge in [0, 0.05) is 29.3 Å². The van der Waals surface area contributed by atoms with Crippen molar-refractivity contribution in [2.75, 3.05) is 12.0 Å². The largest absolute Gasteiger partial charge is 0.481 e. The van der Waals surface area contributed by atoms with Crippen LogP contribution < -0.4 is 14.6 Å². The normalized spacial score (nSPS) is 16.0. The predicted molar refractivity (Wildman–Crippen MR) is 161 cm³/mol. The van der Waals surface area contributed by atoms with E-state index >= 15 is 0 Å². The molecule has 1 aliphatic carbocycles. The summed E-state index contributed by atoms with van der Waals surface area (Å²) in [5, 5.41) is 13.3. The van der Waals surface area contributed by atoms with Gasteiger partial charge in [0.25, 0.3) is 0 Å². The number of aromatic nitrogens is 1.